The topological polar surface area (TPSA) is 79.6 Å². The van der Waals surface area contributed by atoms with Gasteiger partial charge in [0.25, 0.3) is 5.91 Å². The fourth-order valence-electron chi connectivity index (χ4n) is 2.88. The van der Waals surface area contributed by atoms with E-state index in [0.29, 0.717) is 30.2 Å². The van der Waals surface area contributed by atoms with Crippen LogP contribution in [0.2, 0.25) is 0 Å². The summed E-state index contributed by atoms with van der Waals surface area (Å²) in [5.74, 6) is 0.252. The fourth-order valence-corrected chi connectivity index (χ4v) is 2.88. The van der Waals surface area contributed by atoms with Crippen molar-refractivity contribution in [3.63, 3.8) is 0 Å². The largest absolute Gasteiger partial charge is 0.352 e. The number of hydrogen-bond acceptors (Lipinski definition) is 4. The molecule has 0 bridgehead atoms. The monoisotopic (exact) mass is 301 g/mol. The zero-order valence-corrected chi connectivity index (χ0v) is 12.5. The standard InChI is InChI=1S/C15H19N5O2/c1-11(21)19-6-2-4-12(9-19)8-16-15(22)13-5-3-7-20-10-17-18-14(13)20/h3,5,7,10,12H,2,4,6,8-9H2,1H3,(H,16,22)/t12-/m1/s1. The number of hydrogen-bond donors (Lipinski definition) is 1. The van der Waals surface area contributed by atoms with E-state index in [1.807, 2.05) is 4.90 Å². The van der Waals surface area contributed by atoms with Crippen molar-refractivity contribution in [2.75, 3.05) is 19.6 Å². The first kappa shape index (κ1) is 14.5. The molecule has 2 aromatic heterocycles. The molecule has 1 aliphatic heterocycles. The van der Waals surface area contributed by atoms with E-state index in [2.05, 4.69) is 15.5 Å². The zero-order valence-electron chi connectivity index (χ0n) is 12.5. The van der Waals surface area contributed by atoms with Gasteiger partial charge in [-0.2, -0.15) is 0 Å². The van der Waals surface area contributed by atoms with Crippen LogP contribution in [0.15, 0.2) is 24.7 Å². The summed E-state index contributed by atoms with van der Waals surface area (Å²) in [6.45, 7) is 3.69. The van der Waals surface area contributed by atoms with Gasteiger partial charge in [-0.3, -0.25) is 14.0 Å². The number of nitrogens with one attached hydrogen (secondary N) is 1. The first-order valence-electron chi connectivity index (χ1n) is 7.47. The zero-order chi connectivity index (χ0) is 15.5. The van der Waals surface area contributed by atoms with Gasteiger partial charge in [-0.25, -0.2) is 0 Å². The van der Waals surface area contributed by atoms with Crippen LogP contribution < -0.4 is 5.32 Å². The number of carbonyl (C=O) groups excluding carboxylic acids is 2. The number of amides is 2. The van der Waals surface area contributed by atoms with E-state index < -0.39 is 0 Å². The van der Waals surface area contributed by atoms with Crippen molar-refractivity contribution in [3.05, 3.63) is 30.2 Å². The molecule has 3 heterocycles. The van der Waals surface area contributed by atoms with Crippen molar-refractivity contribution in [2.24, 2.45) is 5.92 Å². The van der Waals surface area contributed by atoms with E-state index in [4.69, 9.17) is 0 Å². The van der Waals surface area contributed by atoms with Crippen LogP contribution in [-0.4, -0.2) is 50.9 Å². The molecule has 0 unspecified atom stereocenters. The van der Waals surface area contributed by atoms with Crippen molar-refractivity contribution in [3.8, 4) is 0 Å². The average Bonchev–Trinajstić information content (AvgIpc) is 3.01. The molecule has 0 aliphatic carbocycles. The van der Waals surface area contributed by atoms with Crippen molar-refractivity contribution in [1.82, 2.24) is 24.8 Å². The van der Waals surface area contributed by atoms with E-state index in [1.54, 1.807) is 36.0 Å². The molecule has 0 radical (unpaired) electrons. The van der Waals surface area contributed by atoms with E-state index in [9.17, 15) is 9.59 Å². The lowest BCUT2D eigenvalue weighted by Gasteiger charge is -2.32. The molecule has 22 heavy (non-hydrogen) atoms. The highest BCUT2D eigenvalue weighted by atomic mass is 16.2. The molecule has 1 N–H and O–H groups in total. The minimum absolute atomic E-state index is 0.101. The van der Waals surface area contributed by atoms with Gasteiger partial charge in [0.1, 0.15) is 6.33 Å². The molecule has 116 valence electrons. The van der Waals surface area contributed by atoms with Crippen LogP contribution in [0.3, 0.4) is 0 Å². The van der Waals surface area contributed by atoms with Crippen LogP contribution in [-0.2, 0) is 4.79 Å². The Kier molecular flexibility index (Phi) is 4.04. The van der Waals surface area contributed by atoms with Gasteiger partial charge in [0.2, 0.25) is 5.91 Å². The number of carbonyl (C=O) groups is 2. The van der Waals surface area contributed by atoms with Crippen LogP contribution >= 0.6 is 0 Å². The van der Waals surface area contributed by atoms with Gasteiger partial charge in [-0.1, -0.05) is 0 Å². The number of aromatic nitrogens is 3. The normalized spacial score (nSPS) is 18.4. The summed E-state index contributed by atoms with van der Waals surface area (Å²) in [5.41, 5.74) is 1.06. The Morgan fingerprint density at radius 1 is 1.45 bits per heavy atom. The predicted molar refractivity (Wildman–Crippen MR) is 80.3 cm³/mol. The Morgan fingerprint density at radius 2 is 2.32 bits per heavy atom. The third-order valence-corrected chi connectivity index (χ3v) is 4.08. The highest BCUT2D eigenvalue weighted by Gasteiger charge is 2.22. The Labute approximate surface area is 128 Å². The smallest absolute Gasteiger partial charge is 0.255 e. The molecular formula is C15H19N5O2. The van der Waals surface area contributed by atoms with Crippen LogP contribution in [0.5, 0.6) is 0 Å². The molecule has 0 saturated carbocycles. The van der Waals surface area contributed by atoms with Crippen molar-refractivity contribution < 1.29 is 9.59 Å². The van der Waals surface area contributed by atoms with Gasteiger partial charge in [-0.05, 0) is 30.9 Å². The lowest BCUT2D eigenvalue weighted by molar-refractivity contribution is -0.130. The van der Waals surface area contributed by atoms with Gasteiger partial charge < -0.3 is 10.2 Å². The lowest BCUT2D eigenvalue weighted by atomic mass is 9.98. The third kappa shape index (κ3) is 2.93. The molecule has 3 rings (SSSR count). The Bertz CT molecular complexity index is 696. The number of pyridine rings is 1. The van der Waals surface area contributed by atoms with Crippen LogP contribution in [0.4, 0.5) is 0 Å². The molecule has 1 atom stereocenters. The van der Waals surface area contributed by atoms with Crippen molar-refractivity contribution in [2.45, 2.75) is 19.8 Å². The van der Waals surface area contributed by atoms with Crippen LogP contribution in [0.25, 0.3) is 5.65 Å². The quantitative estimate of drug-likeness (QED) is 0.906. The highest BCUT2D eigenvalue weighted by Crippen LogP contribution is 2.16. The number of piperidine rings is 1. The maximum atomic E-state index is 12.3. The second-order valence-electron chi connectivity index (χ2n) is 5.67. The van der Waals surface area contributed by atoms with Crippen LogP contribution in [0, 0.1) is 5.92 Å². The molecule has 7 heteroatoms. The second kappa shape index (κ2) is 6.13. The number of fused-ring (bicyclic) bond motifs is 1. The maximum Gasteiger partial charge on any atom is 0.255 e. The average molecular weight is 301 g/mol. The first-order chi connectivity index (χ1) is 10.6. The maximum absolute atomic E-state index is 12.3. The van der Waals surface area contributed by atoms with Gasteiger partial charge in [0.05, 0.1) is 5.56 Å². The Hall–Kier alpha value is -2.44. The van der Waals surface area contributed by atoms with Gasteiger partial charge >= 0.3 is 0 Å². The summed E-state index contributed by atoms with van der Waals surface area (Å²) >= 11 is 0. The minimum atomic E-state index is -0.154. The number of likely N-dealkylation sites (tertiary alicyclic amines) is 1. The molecular weight excluding hydrogens is 282 g/mol. The molecule has 1 fully saturated rings. The SMILES string of the molecule is CC(=O)N1CCC[C@H](CNC(=O)c2cccn3cnnc23)C1. The summed E-state index contributed by atoms with van der Waals surface area (Å²) in [6, 6.07) is 3.53. The Balaban J connectivity index is 1.63. The summed E-state index contributed by atoms with van der Waals surface area (Å²) in [6.07, 6.45) is 5.38. The molecule has 1 saturated heterocycles. The molecule has 1 aliphatic rings. The minimum Gasteiger partial charge on any atom is -0.352 e. The molecule has 7 nitrogen and oxygen atoms in total. The molecule has 0 aromatic carbocycles. The Morgan fingerprint density at radius 3 is 3.14 bits per heavy atom. The van der Waals surface area contributed by atoms with Crippen LogP contribution in [0.1, 0.15) is 30.1 Å². The number of nitrogens with zero attached hydrogens (tertiary/aromatic N) is 4. The van der Waals surface area contributed by atoms with Crippen molar-refractivity contribution in [1.29, 1.82) is 0 Å². The van der Waals surface area contributed by atoms with Gasteiger partial charge in [0.15, 0.2) is 5.65 Å². The van der Waals surface area contributed by atoms with E-state index in [-0.39, 0.29) is 11.8 Å². The van der Waals surface area contributed by atoms with E-state index in [0.717, 1.165) is 19.4 Å². The van der Waals surface area contributed by atoms with Gasteiger partial charge in [-0.15, -0.1) is 10.2 Å². The van der Waals surface area contributed by atoms with Crippen molar-refractivity contribution >= 4 is 17.5 Å². The summed E-state index contributed by atoms with van der Waals surface area (Å²) in [5, 5.41) is 10.7. The third-order valence-electron chi connectivity index (χ3n) is 4.08. The first-order valence-corrected chi connectivity index (χ1v) is 7.47. The molecule has 0 spiro atoms. The summed E-state index contributed by atoms with van der Waals surface area (Å²) in [4.78, 5) is 25.6. The highest BCUT2D eigenvalue weighted by molar-refractivity contribution is 5.99. The van der Waals surface area contributed by atoms with E-state index >= 15 is 0 Å². The predicted octanol–water partition coefficient (Wildman–Crippen LogP) is 0.718. The lowest BCUT2D eigenvalue weighted by Crippen LogP contribution is -2.42. The molecule has 2 aromatic rings. The van der Waals surface area contributed by atoms with E-state index in [1.165, 1.54) is 0 Å². The number of rotatable bonds is 3. The molecule has 2 amide bonds. The second-order valence-corrected chi connectivity index (χ2v) is 5.67. The summed E-state index contributed by atoms with van der Waals surface area (Å²) in [7, 11) is 0. The fraction of sp³-hybridized carbons (Fsp3) is 0.467. The summed E-state index contributed by atoms with van der Waals surface area (Å²) < 4.78 is 1.72. The van der Waals surface area contributed by atoms with Gasteiger partial charge in [0, 0.05) is 32.8 Å².